The summed E-state index contributed by atoms with van der Waals surface area (Å²) in [7, 11) is 0. The Morgan fingerprint density at radius 3 is 2.74 bits per heavy atom. The Morgan fingerprint density at radius 1 is 1.42 bits per heavy atom. The van der Waals surface area contributed by atoms with Gasteiger partial charge in [-0.1, -0.05) is 6.07 Å². The number of rotatable bonds is 6. The predicted octanol–water partition coefficient (Wildman–Crippen LogP) is 0.433. The van der Waals surface area contributed by atoms with Crippen molar-refractivity contribution in [3.05, 3.63) is 28.5 Å². The van der Waals surface area contributed by atoms with Crippen molar-refractivity contribution in [3.63, 3.8) is 0 Å². The van der Waals surface area contributed by atoms with Crippen molar-refractivity contribution >= 4 is 27.9 Å². The summed E-state index contributed by atoms with van der Waals surface area (Å²) in [6, 6.07) is 5.13. The molecule has 0 bridgehead atoms. The highest BCUT2D eigenvalue weighted by Gasteiger charge is 2.16. The van der Waals surface area contributed by atoms with E-state index in [0.717, 1.165) is 4.90 Å². The molecule has 1 heterocycles. The molecular formula is C11H14BrN3O4. The van der Waals surface area contributed by atoms with E-state index in [1.807, 2.05) is 0 Å². The molecule has 0 saturated heterocycles. The molecule has 0 atom stereocenters. The number of aliphatic hydroxyl groups excluding tert-OH is 1. The van der Waals surface area contributed by atoms with Crippen LogP contribution in [-0.4, -0.2) is 51.8 Å². The summed E-state index contributed by atoms with van der Waals surface area (Å²) in [5.74, 6) is -0.466. The number of carbonyl (C=O) groups excluding carboxylic acids is 1. The van der Waals surface area contributed by atoms with Crippen LogP contribution in [0.15, 0.2) is 22.8 Å². The van der Waals surface area contributed by atoms with Crippen LogP contribution in [0.5, 0.6) is 0 Å². The first kappa shape index (κ1) is 15.4. The zero-order valence-corrected chi connectivity index (χ0v) is 11.6. The number of nitrogens with zero attached hydrogens (tertiary/aromatic N) is 2. The molecule has 3 N–H and O–H groups in total. The maximum atomic E-state index is 11.4. The van der Waals surface area contributed by atoms with Gasteiger partial charge < -0.3 is 15.5 Å². The minimum absolute atomic E-state index is 0.0152. The van der Waals surface area contributed by atoms with Crippen molar-refractivity contribution in [1.82, 2.24) is 15.2 Å². The lowest BCUT2D eigenvalue weighted by Crippen LogP contribution is -2.40. The summed E-state index contributed by atoms with van der Waals surface area (Å²) >= 11 is 3.19. The summed E-state index contributed by atoms with van der Waals surface area (Å²) in [6.45, 7) is -0.377. The minimum atomic E-state index is -1.21. The van der Waals surface area contributed by atoms with E-state index in [2.05, 4.69) is 26.2 Å². The van der Waals surface area contributed by atoms with Gasteiger partial charge in [0.2, 0.25) is 5.91 Å². The Balaban J connectivity index is 2.63. The van der Waals surface area contributed by atoms with Gasteiger partial charge in [0.25, 0.3) is 0 Å². The maximum Gasteiger partial charge on any atom is 0.408 e. The monoisotopic (exact) mass is 331 g/mol. The number of aromatic nitrogens is 1. The summed E-state index contributed by atoms with van der Waals surface area (Å²) in [4.78, 5) is 27.5. The topological polar surface area (TPSA) is 103 Å². The van der Waals surface area contributed by atoms with Crippen LogP contribution < -0.4 is 5.32 Å². The number of halogens is 1. The molecule has 0 saturated carbocycles. The molecule has 1 aromatic rings. The lowest BCUT2D eigenvalue weighted by molar-refractivity contribution is -0.122. The van der Waals surface area contributed by atoms with Crippen molar-refractivity contribution < 1.29 is 19.8 Å². The normalized spacial score (nSPS) is 10.0. The zero-order valence-electron chi connectivity index (χ0n) is 10.0. The Hall–Kier alpha value is -1.67. The Labute approximate surface area is 118 Å². The number of carboxylic acid groups (broad SMARTS) is 1. The summed E-state index contributed by atoms with van der Waals surface area (Å²) in [5, 5.41) is 20.0. The summed E-state index contributed by atoms with van der Waals surface area (Å²) in [6.07, 6.45) is -1.21. The minimum Gasteiger partial charge on any atom is -0.465 e. The molecule has 1 rings (SSSR count). The van der Waals surface area contributed by atoms with E-state index in [4.69, 9.17) is 10.2 Å². The molecule has 7 nitrogen and oxygen atoms in total. The molecule has 1 aromatic heterocycles. The lowest BCUT2D eigenvalue weighted by atomic mass is 10.3. The zero-order chi connectivity index (χ0) is 14.3. The molecule has 0 spiro atoms. The molecule has 0 aliphatic carbocycles. The van der Waals surface area contributed by atoms with Crippen LogP contribution in [0.1, 0.15) is 5.69 Å². The van der Waals surface area contributed by atoms with Gasteiger partial charge in [-0.3, -0.25) is 9.69 Å². The fraction of sp³-hybridized carbons (Fsp3) is 0.364. The number of hydrogen-bond donors (Lipinski definition) is 3. The van der Waals surface area contributed by atoms with E-state index in [-0.39, 0.29) is 26.2 Å². The molecule has 0 aliphatic heterocycles. The first-order valence-electron chi connectivity index (χ1n) is 5.50. The quantitative estimate of drug-likeness (QED) is 0.656. The van der Waals surface area contributed by atoms with Crippen molar-refractivity contribution in [1.29, 1.82) is 0 Å². The third kappa shape index (κ3) is 5.66. The van der Waals surface area contributed by atoms with E-state index >= 15 is 0 Å². The van der Waals surface area contributed by atoms with Gasteiger partial charge in [0, 0.05) is 6.54 Å². The molecule has 0 aromatic carbocycles. The molecule has 0 unspecified atom stereocenters. The first-order valence-corrected chi connectivity index (χ1v) is 6.29. The Bertz CT molecular complexity index is 455. The molecule has 0 aliphatic rings. The van der Waals surface area contributed by atoms with Gasteiger partial charge in [0.15, 0.2) is 0 Å². The second-order valence-electron chi connectivity index (χ2n) is 3.66. The summed E-state index contributed by atoms with van der Waals surface area (Å²) < 4.78 is 0.597. The number of carbonyl (C=O) groups is 2. The second-order valence-corrected chi connectivity index (χ2v) is 4.48. The molecule has 104 valence electrons. The van der Waals surface area contributed by atoms with E-state index in [1.165, 1.54) is 0 Å². The number of aliphatic hydroxyl groups is 1. The van der Waals surface area contributed by atoms with E-state index < -0.39 is 12.0 Å². The fourth-order valence-electron chi connectivity index (χ4n) is 1.35. The van der Waals surface area contributed by atoms with Gasteiger partial charge in [-0.25, -0.2) is 9.78 Å². The molecule has 0 radical (unpaired) electrons. The Kier molecular flexibility index (Phi) is 6.23. The molecule has 0 fully saturated rings. The number of hydrogen-bond acceptors (Lipinski definition) is 4. The number of amides is 2. The predicted molar refractivity (Wildman–Crippen MR) is 70.5 cm³/mol. The average molecular weight is 332 g/mol. The number of pyridine rings is 1. The van der Waals surface area contributed by atoms with Gasteiger partial charge in [-0.05, 0) is 28.1 Å². The third-order valence-corrected chi connectivity index (χ3v) is 2.61. The molecular weight excluding hydrogens is 318 g/mol. The van der Waals surface area contributed by atoms with Crippen LogP contribution in [0.2, 0.25) is 0 Å². The van der Waals surface area contributed by atoms with Gasteiger partial charge >= 0.3 is 6.09 Å². The van der Waals surface area contributed by atoms with Gasteiger partial charge in [0.1, 0.15) is 11.1 Å². The SMILES string of the molecule is O=C(CN(Cc1cccc(Br)n1)C(=O)O)NCCO. The van der Waals surface area contributed by atoms with Gasteiger partial charge in [-0.15, -0.1) is 0 Å². The largest absolute Gasteiger partial charge is 0.465 e. The summed E-state index contributed by atoms with van der Waals surface area (Å²) in [5.41, 5.74) is 0.534. The first-order chi connectivity index (χ1) is 9.02. The third-order valence-electron chi connectivity index (χ3n) is 2.16. The fourth-order valence-corrected chi connectivity index (χ4v) is 1.73. The Morgan fingerprint density at radius 2 is 2.16 bits per heavy atom. The van der Waals surface area contributed by atoms with Crippen LogP contribution in [-0.2, 0) is 11.3 Å². The van der Waals surface area contributed by atoms with Crippen LogP contribution >= 0.6 is 15.9 Å². The van der Waals surface area contributed by atoms with E-state index in [9.17, 15) is 9.59 Å². The highest BCUT2D eigenvalue weighted by atomic mass is 79.9. The highest BCUT2D eigenvalue weighted by Crippen LogP contribution is 2.08. The van der Waals surface area contributed by atoms with E-state index in [1.54, 1.807) is 18.2 Å². The van der Waals surface area contributed by atoms with Crippen LogP contribution in [0.25, 0.3) is 0 Å². The van der Waals surface area contributed by atoms with Crippen molar-refractivity contribution in [3.8, 4) is 0 Å². The highest BCUT2D eigenvalue weighted by molar-refractivity contribution is 9.10. The molecule has 2 amide bonds. The van der Waals surface area contributed by atoms with Crippen LogP contribution in [0, 0.1) is 0 Å². The van der Waals surface area contributed by atoms with Gasteiger partial charge in [-0.2, -0.15) is 0 Å². The van der Waals surface area contributed by atoms with Gasteiger partial charge in [0.05, 0.1) is 18.8 Å². The van der Waals surface area contributed by atoms with Crippen molar-refractivity contribution in [2.45, 2.75) is 6.54 Å². The van der Waals surface area contributed by atoms with Crippen molar-refractivity contribution in [2.24, 2.45) is 0 Å². The molecule has 8 heteroatoms. The smallest absolute Gasteiger partial charge is 0.408 e. The lowest BCUT2D eigenvalue weighted by Gasteiger charge is -2.18. The van der Waals surface area contributed by atoms with Crippen LogP contribution in [0.4, 0.5) is 4.79 Å². The van der Waals surface area contributed by atoms with Crippen molar-refractivity contribution in [2.75, 3.05) is 19.7 Å². The second kappa shape index (κ2) is 7.70. The van der Waals surface area contributed by atoms with Crippen LogP contribution in [0.3, 0.4) is 0 Å². The standard InChI is InChI=1S/C11H14BrN3O4/c12-9-3-1-2-8(14-9)6-15(11(18)19)7-10(17)13-4-5-16/h1-3,16H,4-7H2,(H,13,17)(H,18,19). The maximum absolute atomic E-state index is 11.4. The van der Waals surface area contributed by atoms with E-state index in [0.29, 0.717) is 10.3 Å². The average Bonchev–Trinajstić information content (AvgIpc) is 2.35. The number of nitrogens with one attached hydrogen (secondary N) is 1. The molecule has 19 heavy (non-hydrogen) atoms.